The molecule has 23 heavy (non-hydrogen) atoms. The average Bonchev–Trinajstić information content (AvgIpc) is 2.59. The molecule has 0 aromatic heterocycles. The van der Waals surface area contributed by atoms with E-state index in [2.05, 4.69) is 0 Å². The molecule has 1 atom stereocenters. The Balaban J connectivity index is 2.68. The molecule has 0 radical (unpaired) electrons. The zero-order valence-electron chi connectivity index (χ0n) is 13.3. The standard InChI is InChI=1S/C17H18N2O4/c1-4-13-15(17(20)22-3)14(12(9-18)16(19)23-13)10-6-5-7-11(8-10)21-2/h5-8,14H,4,19H2,1-3H3. The van der Waals surface area contributed by atoms with Crippen LogP contribution in [0.2, 0.25) is 0 Å². The Hall–Kier alpha value is -2.94. The molecule has 1 aromatic rings. The summed E-state index contributed by atoms with van der Waals surface area (Å²) in [7, 11) is 2.84. The van der Waals surface area contributed by atoms with Crippen LogP contribution in [0, 0.1) is 11.3 Å². The van der Waals surface area contributed by atoms with Crippen molar-refractivity contribution in [1.29, 1.82) is 5.26 Å². The molecule has 1 heterocycles. The maximum Gasteiger partial charge on any atom is 0.338 e. The van der Waals surface area contributed by atoms with Gasteiger partial charge >= 0.3 is 5.97 Å². The lowest BCUT2D eigenvalue weighted by atomic mass is 9.82. The van der Waals surface area contributed by atoms with Crippen LogP contribution in [-0.2, 0) is 14.3 Å². The SMILES string of the molecule is CCC1=C(C(=O)OC)C(c2cccc(OC)c2)C(C#N)=C(N)O1. The molecule has 6 nitrogen and oxygen atoms in total. The predicted octanol–water partition coefficient (Wildman–Crippen LogP) is 2.34. The number of hydrogen-bond donors (Lipinski definition) is 1. The number of hydrogen-bond acceptors (Lipinski definition) is 6. The molecule has 0 saturated carbocycles. The first-order chi connectivity index (χ1) is 11.1. The number of esters is 1. The van der Waals surface area contributed by atoms with Gasteiger partial charge in [-0.05, 0) is 17.7 Å². The Morgan fingerprint density at radius 2 is 2.17 bits per heavy atom. The fourth-order valence-corrected chi connectivity index (χ4v) is 2.57. The van der Waals surface area contributed by atoms with Gasteiger partial charge < -0.3 is 19.9 Å². The smallest absolute Gasteiger partial charge is 0.338 e. The summed E-state index contributed by atoms with van der Waals surface area (Å²) in [6.07, 6.45) is 0.449. The minimum absolute atomic E-state index is 0.00447. The topological polar surface area (TPSA) is 94.6 Å². The summed E-state index contributed by atoms with van der Waals surface area (Å²) in [4.78, 5) is 12.3. The number of nitrogens with zero attached hydrogens (tertiary/aromatic N) is 1. The summed E-state index contributed by atoms with van der Waals surface area (Å²) in [5, 5.41) is 9.48. The molecule has 6 heteroatoms. The molecule has 0 bridgehead atoms. The van der Waals surface area contributed by atoms with Crippen LogP contribution in [0.15, 0.2) is 47.1 Å². The van der Waals surface area contributed by atoms with Gasteiger partial charge in [0.05, 0.1) is 25.7 Å². The third kappa shape index (κ3) is 2.99. The quantitative estimate of drug-likeness (QED) is 0.857. The highest BCUT2D eigenvalue weighted by atomic mass is 16.5. The molecule has 2 rings (SSSR count). The molecular weight excluding hydrogens is 296 g/mol. The van der Waals surface area contributed by atoms with E-state index in [0.717, 1.165) is 0 Å². The molecule has 0 aliphatic carbocycles. The number of nitriles is 1. The van der Waals surface area contributed by atoms with Gasteiger partial charge in [0, 0.05) is 6.42 Å². The number of carbonyl (C=O) groups is 1. The van der Waals surface area contributed by atoms with E-state index in [4.69, 9.17) is 19.9 Å². The lowest BCUT2D eigenvalue weighted by Crippen LogP contribution is -2.25. The largest absolute Gasteiger partial charge is 0.497 e. The molecule has 1 aliphatic heterocycles. The number of methoxy groups -OCH3 is 2. The first-order valence-corrected chi connectivity index (χ1v) is 7.10. The first kappa shape index (κ1) is 16.4. The third-order valence-corrected chi connectivity index (χ3v) is 3.65. The van der Waals surface area contributed by atoms with E-state index in [9.17, 15) is 10.1 Å². The van der Waals surface area contributed by atoms with Gasteiger partial charge in [-0.2, -0.15) is 5.26 Å². The highest BCUT2D eigenvalue weighted by Crippen LogP contribution is 2.41. The monoisotopic (exact) mass is 314 g/mol. The van der Waals surface area contributed by atoms with Crippen LogP contribution in [0.4, 0.5) is 0 Å². The number of nitrogens with two attached hydrogens (primary N) is 1. The van der Waals surface area contributed by atoms with Gasteiger partial charge in [-0.15, -0.1) is 0 Å². The number of ether oxygens (including phenoxy) is 3. The Kier molecular flexibility index (Phi) is 4.91. The summed E-state index contributed by atoms with van der Waals surface area (Å²) < 4.78 is 15.6. The van der Waals surface area contributed by atoms with E-state index in [-0.39, 0.29) is 17.0 Å². The molecule has 1 aromatic carbocycles. The van der Waals surface area contributed by atoms with E-state index in [1.54, 1.807) is 31.4 Å². The van der Waals surface area contributed by atoms with Crippen molar-refractivity contribution in [3.8, 4) is 11.8 Å². The second-order valence-corrected chi connectivity index (χ2v) is 4.88. The van der Waals surface area contributed by atoms with E-state index in [1.165, 1.54) is 7.11 Å². The van der Waals surface area contributed by atoms with Gasteiger partial charge in [0.15, 0.2) is 0 Å². The summed E-state index contributed by atoms with van der Waals surface area (Å²) in [6, 6.07) is 9.17. The van der Waals surface area contributed by atoms with Gasteiger partial charge in [-0.25, -0.2) is 4.79 Å². The van der Waals surface area contributed by atoms with Crippen LogP contribution in [-0.4, -0.2) is 20.2 Å². The van der Waals surface area contributed by atoms with Crippen molar-refractivity contribution >= 4 is 5.97 Å². The van der Waals surface area contributed by atoms with Crippen molar-refractivity contribution in [1.82, 2.24) is 0 Å². The summed E-state index contributed by atoms with van der Waals surface area (Å²) in [5.74, 6) is -0.167. The Labute approximate surface area is 134 Å². The summed E-state index contributed by atoms with van der Waals surface area (Å²) in [6.45, 7) is 1.84. The van der Waals surface area contributed by atoms with Gasteiger partial charge in [0.25, 0.3) is 0 Å². The van der Waals surface area contributed by atoms with Crippen LogP contribution in [0.25, 0.3) is 0 Å². The molecule has 1 aliphatic rings. The van der Waals surface area contributed by atoms with Crippen molar-refractivity contribution in [3.05, 3.63) is 52.6 Å². The van der Waals surface area contributed by atoms with Crippen molar-refractivity contribution in [2.24, 2.45) is 5.73 Å². The van der Waals surface area contributed by atoms with Gasteiger partial charge in [-0.3, -0.25) is 0 Å². The predicted molar refractivity (Wildman–Crippen MR) is 83.0 cm³/mol. The molecule has 0 fully saturated rings. The Bertz CT molecular complexity index is 728. The Morgan fingerprint density at radius 3 is 2.74 bits per heavy atom. The van der Waals surface area contributed by atoms with Crippen molar-refractivity contribution in [2.45, 2.75) is 19.3 Å². The lowest BCUT2D eigenvalue weighted by Gasteiger charge is -2.27. The van der Waals surface area contributed by atoms with Crippen LogP contribution in [0.1, 0.15) is 24.8 Å². The van der Waals surface area contributed by atoms with E-state index in [0.29, 0.717) is 23.5 Å². The molecule has 2 N–H and O–H groups in total. The van der Waals surface area contributed by atoms with Gasteiger partial charge in [0.2, 0.25) is 5.88 Å². The van der Waals surface area contributed by atoms with Crippen LogP contribution in [0.5, 0.6) is 5.75 Å². The molecule has 0 spiro atoms. The van der Waals surface area contributed by atoms with Crippen LogP contribution < -0.4 is 10.5 Å². The molecular formula is C17H18N2O4. The van der Waals surface area contributed by atoms with Crippen molar-refractivity contribution in [3.63, 3.8) is 0 Å². The zero-order valence-corrected chi connectivity index (χ0v) is 13.3. The fourth-order valence-electron chi connectivity index (χ4n) is 2.57. The number of carbonyl (C=O) groups excluding carboxylic acids is 1. The summed E-state index contributed by atoms with van der Waals surface area (Å²) in [5.41, 5.74) is 7.04. The maximum absolute atomic E-state index is 12.3. The second kappa shape index (κ2) is 6.88. The molecule has 0 saturated heterocycles. The minimum atomic E-state index is -0.647. The second-order valence-electron chi connectivity index (χ2n) is 4.88. The van der Waals surface area contributed by atoms with Crippen molar-refractivity contribution < 1.29 is 19.0 Å². The van der Waals surface area contributed by atoms with Gasteiger partial charge in [-0.1, -0.05) is 19.1 Å². The average molecular weight is 314 g/mol. The first-order valence-electron chi connectivity index (χ1n) is 7.10. The van der Waals surface area contributed by atoms with E-state index in [1.807, 2.05) is 13.0 Å². The van der Waals surface area contributed by atoms with Crippen LogP contribution in [0.3, 0.4) is 0 Å². The highest BCUT2D eigenvalue weighted by Gasteiger charge is 2.36. The van der Waals surface area contributed by atoms with E-state index < -0.39 is 11.9 Å². The lowest BCUT2D eigenvalue weighted by molar-refractivity contribution is -0.136. The molecule has 120 valence electrons. The third-order valence-electron chi connectivity index (χ3n) is 3.65. The molecule has 0 amide bonds. The van der Waals surface area contributed by atoms with E-state index >= 15 is 0 Å². The maximum atomic E-state index is 12.3. The van der Waals surface area contributed by atoms with Crippen molar-refractivity contribution in [2.75, 3.05) is 14.2 Å². The number of allylic oxidation sites excluding steroid dienone is 2. The zero-order chi connectivity index (χ0) is 17.0. The normalized spacial score (nSPS) is 17.4. The fraction of sp³-hybridized carbons (Fsp3) is 0.294. The number of rotatable bonds is 4. The van der Waals surface area contributed by atoms with Crippen LogP contribution >= 0.6 is 0 Å². The molecule has 1 unspecified atom stereocenters. The Morgan fingerprint density at radius 1 is 1.43 bits per heavy atom. The number of benzene rings is 1. The van der Waals surface area contributed by atoms with Gasteiger partial charge in [0.1, 0.15) is 23.2 Å². The summed E-state index contributed by atoms with van der Waals surface area (Å²) >= 11 is 0. The highest BCUT2D eigenvalue weighted by molar-refractivity contribution is 5.92. The minimum Gasteiger partial charge on any atom is -0.497 e.